The normalized spacial score (nSPS) is 12.3. The molecule has 1 atom stereocenters. The predicted octanol–water partition coefficient (Wildman–Crippen LogP) is 3.29. The van der Waals surface area contributed by atoms with E-state index in [2.05, 4.69) is 10.3 Å². The molecule has 0 saturated carbocycles. The van der Waals surface area contributed by atoms with E-state index in [-0.39, 0.29) is 16.8 Å². The minimum absolute atomic E-state index is 0.137. The van der Waals surface area contributed by atoms with Crippen LogP contribution in [0.15, 0.2) is 48.7 Å². The number of nitrogens with one attached hydrogen (secondary N) is 1. The van der Waals surface area contributed by atoms with Crippen molar-refractivity contribution in [3.8, 4) is 0 Å². The van der Waals surface area contributed by atoms with Crippen molar-refractivity contribution in [3.63, 3.8) is 0 Å². The van der Waals surface area contributed by atoms with Crippen molar-refractivity contribution in [2.45, 2.75) is 13.0 Å². The number of hydrogen-bond donors (Lipinski definition) is 2. The Bertz CT molecular complexity index is 842. The molecular weight excluding hydrogens is 302 g/mol. The number of benzene rings is 1. The van der Waals surface area contributed by atoms with Gasteiger partial charge in [-0.05, 0) is 25.1 Å². The van der Waals surface area contributed by atoms with E-state index in [9.17, 15) is 9.90 Å². The van der Waals surface area contributed by atoms with Crippen molar-refractivity contribution < 1.29 is 9.90 Å². The van der Waals surface area contributed by atoms with Crippen LogP contribution in [0.3, 0.4) is 0 Å². The zero-order chi connectivity index (χ0) is 15.7. The minimum atomic E-state index is -0.686. The molecule has 1 amide bonds. The van der Waals surface area contributed by atoms with Gasteiger partial charge >= 0.3 is 0 Å². The van der Waals surface area contributed by atoms with E-state index in [1.807, 2.05) is 6.07 Å². The Hall–Kier alpha value is -2.37. The Morgan fingerprint density at radius 3 is 2.77 bits per heavy atom. The molecule has 0 aliphatic rings. The zero-order valence-corrected chi connectivity index (χ0v) is 12.6. The van der Waals surface area contributed by atoms with Crippen LogP contribution in [-0.4, -0.2) is 20.4 Å². The summed E-state index contributed by atoms with van der Waals surface area (Å²) in [6.07, 6.45) is 1.04. The highest BCUT2D eigenvalue weighted by Gasteiger charge is 2.19. The van der Waals surface area contributed by atoms with Gasteiger partial charge in [0.05, 0.1) is 6.10 Å². The summed E-state index contributed by atoms with van der Waals surface area (Å²) in [6, 6.07) is 12.5. The summed E-state index contributed by atoms with van der Waals surface area (Å²) in [5.41, 5.74) is 2.05. The monoisotopic (exact) mass is 315 g/mol. The Morgan fingerprint density at radius 1 is 1.27 bits per heavy atom. The van der Waals surface area contributed by atoms with Gasteiger partial charge in [0.15, 0.2) is 10.8 Å². The molecule has 2 N–H and O–H groups in total. The highest BCUT2D eigenvalue weighted by Crippen LogP contribution is 2.24. The molecule has 3 rings (SSSR count). The molecule has 3 aromatic rings. The summed E-state index contributed by atoms with van der Waals surface area (Å²) in [6.45, 7) is 1.65. The molecule has 0 bridgehead atoms. The van der Waals surface area contributed by atoms with E-state index >= 15 is 0 Å². The van der Waals surface area contributed by atoms with Crippen LogP contribution in [0.2, 0.25) is 5.15 Å². The fourth-order valence-corrected chi connectivity index (χ4v) is 2.59. The fourth-order valence-electron chi connectivity index (χ4n) is 2.33. The number of nitrogens with zero attached hydrogens (tertiary/aromatic N) is 2. The minimum Gasteiger partial charge on any atom is -0.389 e. The third kappa shape index (κ3) is 2.56. The van der Waals surface area contributed by atoms with Gasteiger partial charge in [-0.2, -0.15) is 0 Å². The first-order valence-electron chi connectivity index (χ1n) is 6.79. The molecule has 2 aromatic heterocycles. The maximum atomic E-state index is 12.5. The Labute approximate surface area is 132 Å². The summed E-state index contributed by atoms with van der Waals surface area (Å²) in [5, 5.41) is 12.7. The summed E-state index contributed by atoms with van der Waals surface area (Å²) < 4.78 is 1.63. The van der Waals surface area contributed by atoms with Gasteiger partial charge in [0.1, 0.15) is 5.65 Å². The molecule has 0 saturated heterocycles. The lowest BCUT2D eigenvalue weighted by Crippen LogP contribution is -2.16. The third-order valence-corrected chi connectivity index (χ3v) is 3.63. The van der Waals surface area contributed by atoms with E-state index in [0.29, 0.717) is 16.9 Å². The van der Waals surface area contributed by atoms with Gasteiger partial charge in [-0.1, -0.05) is 35.9 Å². The number of hydrogen-bond acceptors (Lipinski definition) is 3. The first-order chi connectivity index (χ1) is 10.6. The van der Waals surface area contributed by atoms with Crippen LogP contribution in [0, 0.1) is 0 Å². The second-order valence-corrected chi connectivity index (χ2v) is 5.26. The van der Waals surface area contributed by atoms with Gasteiger partial charge in [0.25, 0.3) is 5.91 Å². The van der Waals surface area contributed by atoms with Crippen LogP contribution < -0.4 is 5.32 Å². The van der Waals surface area contributed by atoms with Crippen molar-refractivity contribution in [1.82, 2.24) is 9.38 Å². The molecule has 0 fully saturated rings. The molecular formula is C16H14ClN3O2. The SMILES string of the molecule is CC(O)c1ccccc1NC(=O)c1c(Cl)nc2ccccn12. The molecule has 2 heterocycles. The van der Waals surface area contributed by atoms with Gasteiger partial charge in [-0.25, -0.2) is 4.98 Å². The van der Waals surface area contributed by atoms with Gasteiger partial charge < -0.3 is 10.4 Å². The Morgan fingerprint density at radius 2 is 2.00 bits per heavy atom. The van der Waals surface area contributed by atoms with Crippen LogP contribution in [0.25, 0.3) is 5.65 Å². The first kappa shape index (κ1) is 14.6. The largest absolute Gasteiger partial charge is 0.389 e. The zero-order valence-electron chi connectivity index (χ0n) is 11.8. The number of carbonyl (C=O) groups is 1. The average molecular weight is 316 g/mol. The standard InChI is InChI=1S/C16H14ClN3O2/c1-10(21)11-6-2-3-7-12(11)18-16(22)14-15(17)19-13-8-4-5-9-20(13)14/h2-10,21H,1H3,(H,18,22). The third-order valence-electron chi connectivity index (χ3n) is 3.36. The van der Waals surface area contributed by atoms with Crippen molar-refractivity contribution in [2.75, 3.05) is 5.32 Å². The maximum absolute atomic E-state index is 12.5. The van der Waals surface area contributed by atoms with Crippen molar-refractivity contribution in [2.24, 2.45) is 0 Å². The second kappa shape index (κ2) is 5.79. The number of carbonyl (C=O) groups excluding carboxylic acids is 1. The number of pyridine rings is 1. The first-order valence-corrected chi connectivity index (χ1v) is 7.16. The number of fused-ring (bicyclic) bond motifs is 1. The van der Waals surface area contributed by atoms with Crippen LogP contribution in [0.1, 0.15) is 29.1 Å². The summed E-state index contributed by atoms with van der Waals surface area (Å²) >= 11 is 6.09. The van der Waals surface area contributed by atoms with Gasteiger partial charge in [-0.15, -0.1) is 0 Å². The molecule has 22 heavy (non-hydrogen) atoms. The van der Waals surface area contributed by atoms with Gasteiger partial charge in [-0.3, -0.25) is 9.20 Å². The molecule has 0 aliphatic carbocycles. The number of imidazole rings is 1. The van der Waals surface area contributed by atoms with Gasteiger partial charge in [0, 0.05) is 17.4 Å². The number of anilines is 1. The van der Waals surface area contributed by atoms with E-state index in [1.165, 1.54) is 0 Å². The lowest BCUT2D eigenvalue weighted by molar-refractivity contribution is 0.102. The number of amides is 1. The highest BCUT2D eigenvalue weighted by atomic mass is 35.5. The fraction of sp³-hybridized carbons (Fsp3) is 0.125. The van der Waals surface area contributed by atoms with E-state index in [0.717, 1.165) is 0 Å². The highest BCUT2D eigenvalue weighted by molar-refractivity contribution is 6.33. The van der Waals surface area contributed by atoms with Crippen LogP contribution >= 0.6 is 11.6 Å². The molecule has 112 valence electrons. The smallest absolute Gasteiger partial charge is 0.275 e. The molecule has 0 spiro atoms. The number of aliphatic hydroxyl groups is 1. The molecule has 0 aliphatic heterocycles. The summed E-state index contributed by atoms with van der Waals surface area (Å²) in [4.78, 5) is 16.7. The molecule has 1 aromatic carbocycles. The van der Waals surface area contributed by atoms with Crippen LogP contribution in [0.5, 0.6) is 0 Å². The Balaban J connectivity index is 2.00. The Kier molecular flexibility index (Phi) is 3.83. The van der Waals surface area contributed by atoms with Crippen LogP contribution in [-0.2, 0) is 0 Å². The van der Waals surface area contributed by atoms with Gasteiger partial charge in [0.2, 0.25) is 0 Å². The number of aromatic nitrogens is 2. The number of para-hydroxylation sites is 1. The molecule has 6 heteroatoms. The molecule has 0 radical (unpaired) electrons. The predicted molar refractivity (Wildman–Crippen MR) is 85.2 cm³/mol. The number of rotatable bonds is 3. The topological polar surface area (TPSA) is 66.6 Å². The van der Waals surface area contributed by atoms with Crippen molar-refractivity contribution in [3.05, 3.63) is 65.1 Å². The van der Waals surface area contributed by atoms with E-state index in [1.54, 1.807) is 53.9 Å². The van der Waals surface area contributed by atoms with Crippen molar-refractivity contribution in [1.29, 1.82) is 0 Å². The lowest BCUT2D eigenvalue weighted by Gasteiger charge is -2.13. The van der Waals surface area contributed by atoms with E-state index < -0.39 is 6.10 Å². The van der Waals surface area contributed by atoms with Crippen molar-refractivity contribution >= 4 is 28.8 Å². The number of halogens is 1. The second-order valence-electron chi connectivity index (χ2n) is 4.90. The molecule has 1 unspecified atom stereocenters. The number of aliphatic hydroxyl groups excluding tert-OH is 1. The maximum Gasteiger partial charge on any atom is 0.275 e. The summed E-state index contributed by atoms with van der Waals surface area (Å²) in [7, 11) is 0. The summed E-state index contributed by atoms with van der Waals surface area (Å²) in [5.74, 6) is -0.378. The lowest BCUT2D eigenvalue weighted by atomic mass is 10.1. The van der Waals surface area contributed by atoms with E-state index in [4.69, 9.17) is 11.6 Å². The average Bonchev–Trinajstić information content (AvgIpc) is 2.83. The quantitative estimate of drug-likeness (QED) is 0.779. The van der Waals surface area contributed by atoms with Crippen LogP contribution in [0.4, 0.5) is 5.69 Å². The molecule has 5 nitrogen and oxygen atoms in total.